The van der Waals surface area contributed by atoms with E-state index < -0.39 is 5.97 Å². The molecule has 0 aliphatic heterocycles. The van der Waals surface area contributed by atoms with E-state index in [0.717, 1.165) is 17.7 Å². The summed E-state index contributed by atoms with van der Waals surface area (Å²) in [5.41, 5.74) is 4.48. The summed E-state index contributed by atoms with van der Waals surface area (Å²) < 4.78 is 5.58. The van der Waals surface area contributed by atoms with Crippen LogP contribution in [0.15, 0.2) is 15.6 Å². The molecule has 1 aromatic rings. The molecule has 2 atom stereocenters. The number of nitrogens with zero attached hydrogens (tertiary/aromatic N) is 1. The van der Waals surface area contributed by atoms with Gasteiger partial charge in [0.05, 0.1) is 5.71 Å². The van der Waals surface area contributed by atoms with E-state index in [9.17, 15) is 9.90 Å². The van der Waals surface area contributed by atoms with Crippen LogP contribution in [-0.2, 0) is 11.2 Å². The van der Waals surface area contributed by atoms with Gasteiger partial charge in [-0.05, 0) is 57.3 Å². The molecule has 1 aliphatic rings. The lowest BCUT2D eigenvalue weighted by Gasteiger charge is -2.30. The summed E-state index contributed by atoms with van der Waals surface area (Å²) in [6, 6.07) is 2.22. The number of hydrogen-bond donors (Lipinski definition) is 2. The van der Waals surface area contributed by atoms with E-state index in [1.807, 2.05) is 19.9 Å². The van der Waals surface area contributed by atoms with Crippen LogP contribution >= 0.6 is 12.2 Å². The average molecular weight is 364 g/mol. The van der Waals surface area contributed by atoms with Crippen molar-refractivity contribution in [2.45, 2.75) is 65.3 Å². The predicted molar refractivity (Wildman–Crippen MR) is 99.3 cm³/mol. The van der Waals surface area contributed by atoms with E-state index in [0.29, 0.717) is 35.0 Å². The molecular formula is C18H26N3O3S-. The highest BCUT2D eigenvalue weighted by molar-refractivity contribution is 7.80. The molecule has 6 nitrogen and oxygen atoms in total. The molecule has 0 aromatic carbocycles. The lowest BCUT2D eigenvalue weighted by atomic mass is 9.86. The minimum absolute atomic E-state index is 0.0611. The molecule has 1 aromatic heterocycles. The molecule has 0 saturated heterocycles. The number of thiocarbonyl (C=S) groups is 1. The van der Waals surface area contributed by atoms with Crippen LogP contribution in [0.5, 0.6) is 0 Å². The Morgan fingerprint density at radius 2 is 2.16 bits per heavy atom. The minimum atomic E-state index is -1.09. The van der Waals surface area contributed by atoms with Gasteiger partial charge in [-0.15, -0.1) is 0 Å². The summed E-state index contributed by atoms with van der Waals surface area (Å²) in [7, 11) is 0. The molecule has 138 valence electrons. The summed E-state index contributed by atoms with van der Waals surface area (Å²) in [5, 5.41) is 18.8. The van der Waals surface area contributed by atoms with Crippen LogP contribution in [0.2, 0.25) is 0 Å². The molecule has 0 spiro atoms. The molecular weight excluding hydrogens is 338 g/mol. The molecule has 1 heterocycles. The van der Waals surface area contributed by atoms with Gasteiger partial charge >= 0.3 is 0 Å². The van der Waals surface area contributed by atoms with E-state index in [4.69, 9.17) is 16.6 Å². The van der Waals surface area contributed by atoms with Crippen molar-refractivity contribution < 1.29 is 14.3 Å². The molecule has 25 heavy (non-hydrogen) atoms. The Morgan fingerprint density at radius 1 is 1.44 bits per heavy atom. The van der Waals surface area contributed by atoms with E-state index >= 15 is 0 Å². The number of carboxylic acid groups (broad SMARTS) is 1. The number of carboxylic acids is 1. The van der Waals surface area contributed by atoms with Crippen LogP contribution in [0.25, 0.3) is 0 Å². The van der Waals surface area contributed by atoms with Crippen molar-refractivity contribution in [1.82, 2.24) is 10.7 Å². The molecule has 1 saturated carbocycles. The smallest absolute Gasteiger partial charge is 0.187 e. The van der Waals surface area contributed by atoms with Gasteiger partial charge in [0.1, 0.15) is 11.5 Å². The van der Waals surface area contributed by atoms with E-state index in [-0.39, 0.29) is 6.42 Å². The van der Waals surface area contributed by atoms with Crippen molar-refractivity contribution >= 4 is 29.0 Å². The third-order valence-corrected chi connectivity index (χ3v) is 4.90. The second kappa shape index (κ2) is 8.99. The number of furan rings is 1. The standard InChI is InChI=1S/C18H27N3O3S/c1-11-6-4-5-7-16(11)19-18(25)21-20-12(2)15-10-14(24-13(15)3)8-9-17(22)23/h10-11,16H,4-9H2,1-3H3,(H,22,23)(H2,19,21,25)/p-1/b20-12-/t11-,16+/m1/s1. The highest BCUT2D eigenvalue weighted by atomic mass is 32.1. The van der Waals surface area contributed by atoms with Crippen molar-refractivity contribution in [2.75, 3.05) is 0 Å². The molecule has 2 N–H and O–H groups in total. The SMILES string of the molecule is C/C(=N/NC(=S)N[C@H]1CCCC[C@H]1C)c1cc(CCC(=O)[O-])oc1C. The normalized spacial score (nSPS) is 21.0. The zero-order chi connectivity index (χ0) is 18.4. The maximum absolute atomic E-state index is 10.6. The van der Waals surface area contributed by atoms with Crippen LogP contribution in [-0.4, -0.2) is 22.8 Å². The van der Waals surface area contributed by atoms with Crippen LogP contribution in [0.1, 0.15) is 63.0 Å². The molecule has 0 bridgehead atoms. The fourth-order valence-corrected chi connectivity index (χ4v) is 3.37. The summed E-state index contributed by atoms with van der Waals surface area (Å²) in [4.78, 5) is 10.6. The second-order valence-corrected chi connectivity index (χ2v) is 7.11. The zero-order valence-corrected chi connectivity index (χ0v) is 15.9. The number of carbonyl (C=O) groups is 1. The van der Waals surface area contributed by atoms with Gasteiger partial charge in [0.15, 0.2) is 5.11 Å². The number of nitrogens with one attached hydrogen (secondary N) is 2. The number of hydrazone groups is 1. The highest BCUT2D eigenvalue weighted by Gasteiger charge is 2.21. The molecule has 2 rings (SSSR count). The lowest BCUT2D eigenvalue weighted by Crippen LogP contribution is -2.44. The van der Waals surface area contributed by atoms with Gasteiger partial charge in [-0.25, -0.2) is 0 Å². The number of hydrogen-bond acceptors (Lipinski definition) is 5. The maximum atomic E-state index is 10.6. The average Bonchev–Trinajstić information content (AvgIpc) is 2.94. The van der Waals surface area contributed by atoms with Gasteiger partial charge in [-0.1, -0.05) is 19.8 Å². The number of carbonyl (C=O) groups excluding carboxylic acids is 1. The Hall–Kier alpha value is -1.89. The Labute approximate surface area is 154 Å². The van der Waals surface area contributed by atoms with Gasteiger partial charge < -0.3 is 19.6 Å². The fourth-order valence-electron chi connectivity index (χ4n) is 3.18. The first kappa shape index (κ1) is 19.4. The minimum Gasteiger partial charge on any atom is -0.550 e. The van der Waals surface area contributed by atoms with Crippen molar-refractivity contribution in [2.24, 2.45) is 11.0 Å². The Balaban J connectivity index is 1.91. The lowest BCUT2D eigenvalue weighted by molar-refractivity contribution is -0.305. The summed E-state index contributed by atoms with van der Waals surface area (Å²) in [6.45, 7) is 5.94. The van der Waals surface area contributed by atoms with Crippen LogP contribution < -0.4 is 15.8 Å². The van der Waals surface area contributed by atoms with Crippen molar-refractivity contribution in [3.63, 3.8) is 0 Å². The van der Waals surface area contributed by atoms with Gasteiger partial charge in [-0.2, -0.15) is 5.10 Å². The molecule has 1 aliphatic carbocycles. The third-order valence-electron chi connectivity index (χ3n) is 4.69. The molecule has 0 amide bonds. The first-order chi connectivity index (χ1) is 11.9. The van der Waals surface area contributed by atoms with Crippen LogP contribution in [0.4, 0.5) is 0 Å². The van der Waals surface area contributed by atoms with Crippen molar-refractivity contribution in [1.29, 1.82) is 0 Å². The third kappa shape index (κ3) is 5.85. The van der Waals surface area contributed by atoms with Crippen molar-refractivity contribution in [3.05, 3.63) is 23.2 Å². The summed E-state index contributed by atoms with van der Waals surface area (Å²) in [5.74, 6) is 0.844. The van der Waals surface area contributed by atoms with Crippen LogP contribution in [0.3, 0.4) is 0 Å². The fraction of sp³-hybridized carbons (Fsp3) is 0.611. The van der Waals surface area contributed by atoms with E-state index in [1.165, 1.54) is 19.3 Å². The Bertz CT molecular complexity index is 654. The molecule has 0 unspecified atom stereocenters. The highest BCUT2D eigenvalue weighted by Crippen LogP contribution is 2.23. The largest absolute Gasteiger partial charge is 0.550 e. The Morgan fingerprint density at radius 3 is 2.84 bits per heavy atom. The van der Waals surface area contributed by atoms with Gasteiger partial charge in [0.2, 0.25) is 0 Å². The molecule has 1 fully saturated rings. The predicted octanol–water partition coefficient (Wildman–Crippen LogP) is 2.04. The quantitative estimate of drug-likeness (QED) is 0.456. The summed E-state index contributed by atoms with van der Waals surface area (Å²) in [6.07, 6.45) is 5.13. The number of rotatable bonds is 6. The topological polar surface area (TPSA) is 89.7 Å². The summed E-state index contributed by atoms with van der Waals surface area (Å²) >= 11 is 5.34. The molecule has 7 heteroatoms. The monoisotopic (exact) mass is 364 g/mol. The van der Waals surface area contributed by atoms with E-state index in [1.54, 1.807) is 0 Å². The van der Waals surface area contributed by atoms with Crippen molar-refractivity contribution in [3.8, 4) is 0 Å². The zero-order valence-electron chi connectivity index (χ0n) is 15.1. The number of aryl methyl sites for hydroxylation is 2. The van der Waals surface area contributed by atoms with Crippen LogP contribution in [0, 0.1) is 12.8 Å². The number of aliphatic carboxylic acids is 1. The first-order valence-corrected chi connectivity index (χ1v) is 9.18. The second-order valence-electron chi connectivity index (χ2n) is 6.71. The first-order valence-electron chi connectivity index (χ1n) is 8.77. The maximum Gasteiger partial charge on any atom is 0.187 e. The molecule has 0 radical (unpaired) electrons. The van der Waals surface area contributed by atoms with E-state index in [2.05, 4.69) is 22.8 Å². The van der Waals surface area contributed by atoms with Gasteiger partial charge in [0, 0.05) is 24.0 Å². The Kier molecular flexibility index (Phi) is 6.99. The van der Waals surface area contributed by atoms with Gasteiger partial charge in [-0.3, -0.25) is 5.43 Å². The van der Waals surface area contributed by atoms with Gasteiger partial charge in [0.25, 0.3) is 0 Å².